The van der Waals surface area contributed by atoms with Crippen LogP contribution in [0.2, 0.25) is 0 Å². The maximum Gasteiger partial charge on any atom is 0.0268 e. The summed E-state index contributed by atoms with van der Waals surface area (Å²) in [6.45, 7) is 12.2. The Hall–Kier alpha value is -0.120. The summed E-state index contributed by atoms with van der Waals surface area (Å²) in [6.07, 6.45) is 4.27. The van der Waals surface area contributed by atoms with E-state index in [2.05, 4.69) is 35.9 Å². The number of piperazine rings is 1. The molecule has 3 aliphatic heterocycles. The summed E-state index contributed by atoms with van der Waals surface area (Å²) in [5.41, 5.74) is 0. The molecule has 3 heterocycles. The van der Waals surface area contributed by atoms with Crippen molar-refractivity contribution >= 4 is 0 Å². The molecule has 0 spiro atoms. The minimum absolute atomic E-state index is 0.662. The third-order valence-corrected chi connectivity index (χ3v) is 5.35. The highest BCUT2D eigenvalue weighted by Crippen LogP contribution is 2.34. The normalized spacial score (nSPS) is 42.7. The highest BCUT2D eigenvalue weighted by molar-refractivity contribution is 5.01. The first kappa shape index (κ1) is 12.9. The Bertz CT molecular complexity index is 291. The Kier molecular flexibility index (Phi) is 3.65. The smallest absolute Gasteiger partial charge is 0.0268 e. The molecule has 4 unspecified atom stereocenters. The van der Waals surface area contributed by atoms with E-state index in [4.69, 9.17) is 0 Å². The number of nitrogens with zero attached hydrogens (tertiary/aromatic N) is 2. The van der Waals surface area contributed by atoms with Gasteiger partial charge in [0.05, 0.1) is 0 Å². The van der Waals surface area contributed by atoms with E-state index < -0.39 is 0 Å². The lowest BCUT2D eigenvalue weighted by Crippen LogP contribution is -2.62. The van der Waals surface area contributed by atoms with Gasteiger partial charge in [0.15, 0.2) is 0 Å². The molecule has 0 aliphatic carbocycles. The summed E-state index contributed by atoms with van der Waals surface area (Å²) in [5, 5.41) is 3.67. The maximum atomic E-state index is 3.67. The Morgan fingerprint density at radius 2 is 1.94 bits per heavy atom. The Morgan fingerprint density at radius 1 is 1.11 bits per heavy atom. The van der Waals surface area contributed by atoms with Gasteiger partial charge in [0, 0.05) is 43.8 Å². The van der Waals surface area contributed by atoms with Crippen LogP contribution in [-0.4, -0.2) is 60.1 Å². The van der Waals surface area contributed by atoms with Gasteiger partial charge in [-0.3, -0.25) is 9.80 Å². The van der Waals surface area contributed by atoms with E-state index in [1.54, 1.807) is 0 Å². The molecule has 3 saturated heterocycles. The monoisotopic (exact) mass is 251 g/mol. The molecular formula is C15H29N3. The average Bonchev–Trinajstić information content (AvgIpc) is 2.89. The molecule has 0 amide bonds. The van der Waals surface area contributed by atoms with Crippen LogP contribution < -0.4 is 5.32 Å². The molecule has 0 bridgehead atoms. The molecule has 3 fully saturated rings. The van der Waals surface area contributed by atoms with Crippen LogP contribution >= 0.6 is 0 Å². The maximum absolute atomic E-state index is 3.67. The molecule has 0 aromatic heterocycles. The molecular weight excluding hydrogens is 222 g/mol. The predicted molar refractivity (Wildman–Crippen MR) is 75.8 cm³/mol. The van der Waals surface area contributed by atoms with Crippen LogP contribution in [0.15, 0.2) is 0 Å². The van der Waals surface area contributed by atoms with Crippen LogP contribution in [0.4, 0.5) is 0 Å². The largest absolute Gasteiger partial charge is 0.311 e. The van der Waals surface area contributed by atoms with Gasteiger partial charge >= 0.3 is 0 Å². The van der Waals surface area contributed by atoms with Gasteiger partial charge in [-0.15, -0.1) is 0 Å². The van der Waals surface area contributed by atoms with Crippen molar-refractivity contribution in [3.63, 3.8) is 0 Å². The van der Waals surface area contributed by atoms with E-state index in [1.165, 1.54) is 45.4 Å². The van der Waals surface area contributed by atoms with E-state index >= 15 is 0 Å². The number of fused-ring (bicyclic) bond motifs is 1. The topological polar surface area (TPSA) is 18.5 Å². The van der Waals surface area contributed by atoms with E-state index in [0.29, 0.717) is 6.04 Å². The summed E-state index contributed by atoms with van der Waals surface area (Å²) in [7, 11) is 0. The van der Waals surface area contributed by atoms with Gasteiger partial charge in [0.1, 0.15) is 0 Å². The first-order valence-electron chi connectivity index (χ1n) is 7.90. The molecule has 18 heavy (non-hydrogen) atoms. The Morgan fingerprint density at radius 3 is 2.72 bits per heavy atom. The van der Waals surface area contributed by atoms with Gasteiger partial charge in [-0.05, 0) is 38.6 Å². The fourth-order valence-corrected chi connectivity index (χ4v) is 4.40. The van der Waals surface area contributed by atoms with Gasteiger partial charge < -0.3 is 5.32 Å². The van der Waals surface area contributed by atoms with Crippen molar-refractivity contribution in [3.05, 3.63) is 0 Å². The lowest BCUT2D eigenvalue weighted by molar-refractivity contribution is 0.0466. The van der Waals surface area contributed by atoms with Gasteiger partial charge in [-0.25, -0.2) is 0 Å². The van der Waals surface area contributed by atoms with E-state index in [1.807, 2.05) is 0 Å². The first-order chi connectivity index (χ1) is 8.66. The molecule has 104 valence electrons. The second kappa shape index (κ2) is 5.10. The Balaban J connectivity index is 1.75. The summed E-state index contributed by atoms with van der Waals surface area (Å²) in [6, 6.07) is 3.11. The fraction of sp³-hybridized carbons (Fsp3) is 1.00. The summed E-state index contributed by atoms with van der Waals surface area (Å²) in [5.74, 6) is 0.764. The molecule has 3 heteroatoms. The van der Waals surface area contributed by atoms with Crippen LogP contribution in [0.3, 0.4) is 0 Å². The zero-order chi connectivity index (χ0) is 12.7. The zero-order valence-electron chi connectivity index (χ0n) is 12.2. The number of hydrogen-bond donors (Lipinski definition) is 1. The molecule has 4 atom stereocenters. The first-order valence-corrected chi connectivity index (χ1v) is 7.90. The standard InChI is InChI=1S/C15H29N3/c1-11(2)15-9-16-12(3)10-18(15)14-6-8-17-7-4-5-13(14)17/h11-16H,4-10H2,1-3H3. The second-order valence-electron chi connectivity index (χ2n) is 6.92. The van der Waals surface area contributed by atoms with Gasteiger partial charge in [-0.2, -0.15) is 0 Å². The average molecular weight is 251 g/mol. The van der Waals surface area contributed by atoms with Crippen molar-refractivity contribution in [2.45, 2.75) is 64.2 Å². The molecule has 3 aliphatic rings. The molecule has 0 aromatic rings. The van der Waals surface area contributed by atoms with Gasteiger partial charge in [0.2, 0.25) is 0 Å². The van der Waals surface area contributed by atoms with E-state index in [0.717, 1.165) is 24.0 Å². The van der Waals surface area contributed by atoms with Crippen molar-refractivity contribution in [1.82, 2.24) is 15.1 Å². The second-order valence-corrected chi connectivity index (χ2v) is 6.92. The summed E-state index contributed by atoms with van der Waals surface area (Å²) >= 11 is 0. The van der Waals surface area contributed by atoms with Gasteiger partial charge in [0.25, 0.3) is 0 Å². The minimum atomic E-state index is 0.662. The van der Waals surface area contributed by atoms with Crippen molar-refractivity contribution in [2.24, 2.45) is 5.92 Å². The number of rotatable bonds is 2. The third kappa shape index (κ3) is 2.21. The lowest BCUT2D eigenvalue weighted by atomic mass is 9.93. The van der Waals surface area contributed by atoms with Crippen molar-refractivity contribution in [3.8, 4) is 0 Å². The lowest BCUT2D eigenvalue weighted by Gasteiger charge is -2.46. The summed E-state index contributed by atoms with van der Waals surface area (Å²) < 4.78 is 0. The molecule has 1 N–H and O–H groups in total. The van der Waals surface area contributed by atoms with E-state index in [-0.39, 0.29) is 0 Å². The highest BCUT2D eigenvalue weighted by atomic mass is 15.3. The van der Waals surface area contributed by atoms with Crippen LogP contribution in [0.1, 0.15) is 40.0 Å². The predicted octanol–water partition coefficient (Wildman–Crippen LogP) is 1.54. The van der Waals surface area contributed by atoms with E-state index in [9.17, 15) is 0 Å². The zero-order valence-corrected chi connectivity index (χ0v) is 12.2. The highest BCUT2D eigenvalue weighted by Gasteiger charge is 2.43. The van der Waals surface area contributed by atoms with Crippen LogP contribution in [-0.2, 0) is 0 Å². The molecule has 0 radical (unpaired) electrons. The van der Waals surface area contributed by atoms with Crippen LogP contribution in [0, 0.1) is 5.92 Å². The summed E-state index contributed by atoms with van der Waals surface area (Å²) in [4.78, 5) is 5.61. The third-order valence-electron chi connectivity index (χ3n) is 5.35. The SMILES string of the molecule is CC1CN(C2CCN3CCCC23)C(C(C)C)CN1. The quantitative estimate of drug-likeness (QED) is 0.803. The number of nitrogens with one attached hydrogen (secondary N) is 1. The number of hydrogen-bond acceptors (Lipinski definition) is 3. The van der Waals surface area contributed by atoms with Crippen LogP contribution in [0.5, 0.6) is 0 Å². The molecule has 0 saturated carbocycles. The van der Waals surface area contributed by atoms with Crippen molar-refractivity contribution < 1.29 is 0 Å². The Labute approximate surface area is 112 Å². The van der Waals surface area contributed by atoms with Gasteiger partial charge in [-0.1, -0.05) is 13.8 Å². The fourth-order valence-electron chi connectivity index (χ4n) is 4.40. The molecule has 3 nitrogen and oxygen atoms in total. The van der Waals surface area contributed by atoms with Crippen LogP contribution in [0.25, 0.3) is 0 Å². The molecule has 3 rings (SSSR count). The minimum Gasteiger partial charge on any atom is -0.311 e. The van der Waals surface area contributed by atoms with Crippen molar-refractivity contribution in [1.29, 1.82) is 0 Å². The van der Waals surface area contributed by atoms with Crippen molar-refractivity contribution in [2.75, 3.05) is 26.2 Å². The molecule has 0 aromatic carbocycles.